The van der Waals surface area contributed by atoms with E-state index in [0.29, 0.717) is 6.42 Å². The number of nitrogens with zero attached hydrogens (tertiary/aromatic N) is 2. The first-order valence-corrected chi connectivity index (χ1v) is 4.67. The Labute approximate surface area is 84.3 Å². The largest absolute Gasteiger partial charge is 0.465 e. The fourth-order valence-electron chi connectivity index (χ4n) is 2.41. The molecule has 2 fully saturated rings. The highest BCUT2D eigenvalue weighted by Crippen LogP contribution is 2.32. The van der Waals surface area contributed by atoms with E-state index < -0.39 is 18.8 Å². The summed E-state index contributed by atoms with van der Waals surface area (Å²) in [5.74, 6) is 0. The minimum Gasteiger partial charge on any atom is -0.465 e. The molecule has 0 aliphatic carbocycles. The smallest absolute Gasteiger partial charge is 0.407 e. The Morgan fingerprint density at radius 3 is 2.40 bits per heavy atom. The number of rotatable bonds is 1. The molecule has 0 spiro atoms. The van der Waals surface area contributed by atoms with Crippen LogP contribution >= 0.6 is 0 Å². The summed E-state index contributed by atoms with van der Waals surface area (Å²) < 4.78 is 36.3. The van der Waals surface area contributed by atoms with Crippen LogP contribution in [0.2, 0.25) is 0 Å². The number of halogens is 3. The summed E-state index contributed by atoms with van der Waals surface area (Å²) in [4.78, 5) is 13.2. The normalized spacial score (nSPS) is 31.3. The second-order valence-electron chi connectivity index (χ2n) is 4.02. The quantitative estimate of drug-likeness (QED) is 0.722. The van der Waals surface area contributed by atoms with Gasteiger partial charge in [0.1, 0.15) is 0 Å². The van der Waals surface area contributed by atoms with E-state index in [1.807, 2.05) is 0 Å². The van der Waals surface area contributed by atoms with E-state index in [4.69, 9.17) is 5.11 Å². The molecule has 4 nitrogen and oxygen atoms in total. The SMILES string of the molecule is O=C(O)N1CC2CC1CN2CC(F)(F)F. The number of amides is 1. The Kier molecular flexibility index (Phi) is 2.29. The van der Waals surface area contributed by atoms with Crippen LogP contribution in [0.25, 0.3) is 0 Å². The zero-order chi connectivity index (χ0) is 11.2. The lowest BCUT2D eigenvalue weighted by Gasteiger charge is -2.32. The van der Waals surface area contributed by atoms with Crippen molar-refractivity contribution in [2.24, 2.45) is 0 Å². The number of piperazine rings is 1. The lowest BCUT2D eigenvalue weighted by Crippen LogP contribution is -2.50. The summed E-state index contributed by atoms with van der Waals surface area (Å²) in [6.45, 7) is -0.520. The molecule has 1 amide bonds. The molecule has 7 heteroatoms. The number of hydrogen-bond acceptors (Lipinski definition) is 2. The number of carbonyl (C=O) groups is 1. The summed E-state index contributed by atoms with van der Waals surface area (Å²) in [7, 11) is 0. The van der Waals surface area contributed by atoms with Crippen LogP contribution in [0.1, 0.15) is 6.42 Å². The van der Waals surface area contributed by atoms with Gasteiger partial charge in [0.05, 0.1) is 6.54 Å². The first kappa shape index (κ1) is 10.5. The van der Waals surface area contributed by atoms with Crippen LogP contribution < -0.4 is 0 Å². The maximum absolute atomic E-state index is 12.1. The van der Waals surface area contributed by atoms with E-state index in [2.05, 4.69) is 0 Å². The molecule has 1 N–H and O–H groups in total. The average Bonchev–Trinajstić information content (AvgIpc) is 2.58. The molecule has 2 atom stereocenters. The second kappa shape index (κ2) is 3.26. The lowest BCUT2D eigenvalue weighted by atomic mass is 10.2. The molecule has 2 rings (SSSR count). The highest BCUT2D eigenvalue weighted by molar-refractivity contribution is 5.66. The Morgan fingerprint density at radius 1 is 1.33 bits per heavy atom. The minimum absolute atomic E-state index is 0.204. The van der Waals surface area contributed by atoms with Gasteiger partial charge in [0.25, 0.3) is 0 Å². The van der Waals surface area contributed by atoms with Gasteiger partial charge in [-0.1, -0.05) is 0 Å². The van der Waals surface area contributed by atoms with E-state index in [0.717, 1.165) is 0 Å². The Bertz CT molecular complexity index is 282. The maximum atomic E-state index is 12.1. The van der Waals surface area contributed by atoms with Gasteiger partial charge >= 0.3 is 12.3 Å². The molecule has 2 heterocycles. The molecule has 2 aliphatic heterocycles. The topological polar surface area (TPSA) is 43.8 Å². The van der Waals surface area contributed by atoms with Crippen molar-refractivity contribution in [3.8, 4) is 0 Å². The Morgan fingerprint density at radius 2 is 2.00 bits per heavy atom. The monoisotopic (exact) mass is 224 g/mol. The fourth-order valence-corrected chi connectivity index (χ4v) is 2.41. The van der Waals surface area contributed by atoms with Crippen molar-refractivity contribution in [3.05, 3.63) is 0 Å². The number of alkyl halides is 3. The number of fused-ring (bicyclic) bond motifs is 2. The van der Waals surface area contributed by atoms with Crippen LogP contribution in [0.4, 0.5) is 18.0 Å². The molecular weight excluding hydrogens is 213 g/mol. The molecule has 0 aromatic heterocycles. The lowest BCUT2D eigenvalue weighted by molar-refractivity contribution is -0.150. The van der Waals surface area contributed by atoms with E-state index in [9.17, 15) is 18.0 Å². The third-order valence-electron chi connectivity index (χ3n) is 2.98. The molecule has 2 bridgehead atoms. The Hall–Kier alpha value is -0.980. The molecule has 2 aliphatic rings. The highest BCUT2D eigenvalue weighted by Gasteiger charge is 2.48. The molecular formula is C8H11F3N2O2. The van der Waals surface area contributed by atoms with Crippen LogP contribution in [-0.2, 0) is 0 Å². The number of carboxylic acid groups (broad SMARTS) is 1. The van der Waals surface area contributed by atoms with E-state index in [-0.39, 0.29) is 25.2 Å². The van der Waals surface area contributed by atoms with Gasteiger partial charge in [-0.3, -0.25) is 4.90 Å². The van der Waals surface area contributed by atoms with Gasteiger partial charge in [-0.15, -0.1) is 0 Å². The van der Waals surface area contributed by atoms with Crippen molar-refractivity contribution < 1.29 is 23.1 Å². The highest BCUT2D eigenvalue weighted by atomic mass is 19.4. The summed E-state index contributed by atoms with van der Waals surface area (Å²) >= 11 is 0. The summed E-state index contributed by atoms with van der Waals surface area (Å²) in [6.07, 6.45) is -4.70. The van der Waals surface area contributed by atoms with Gasteiger partial charge in [-0.05, 0) is 6.42 Å². The molecule has 2 saturated heterocycles. The van der Waals surface area contributed by atoms with Crippen LogP contribution in [-0.4, -0.2) is 58.9 Å². The molecule has 86 valence electrons. The Balaban J connectivity index is 1.95. The summed E-state index contributed by atoms with van der Waals surface area (Å²) in [6, 6.07) is -0.512. The average molecular weight is 224 g/mol. The maximum Gasteiger partial charge on any atom is 0.407 e. The minimum atomic E-state index is -4.20. The molecule has 0 saturated carbocycles. The van der Waals surface area contributed by atoms with Gasteiger partial charge in [0.2, 0.25) is 0 Å². The van der Waals surface area contributed by atoms with Gasteiger partial charge in [0, 0.05) is 25.2 Å². The van der Waals surface area contributed by atoms with Gasteiger partial charge in [-0.25, -0.2) is 4.79 Å². The third kappa shape index (κ3) is 2.01. The van der Waals surface area contributed by atoms with Crippen molar-refractivity contribution in [1.82, 2.24) is 9.80 Å². The third-order valence-corrected chi connectivity index (χ3v) is 2.98. The molecule has 0 aromatic carbocycles. The fraction of sp³-hybridized carbons (Fsp3) is 0.875. The predicted molar refractivity (Wildman–Crippen MR) is 44.6 cm³/mol. The zero-order valence-corrected chi connectivity index (χ0v) is 7.87. The van der Waals surface area contributed by atoms with Crippen LogP contribution in [0, 0.1) is 0 Å². The molecule has 15 heavy (non-hydrogen) atoms. The number of likely N-dealkylation sites (tertiary alicyclic amines) is 2. The molecule has 2 unspecified atom stereocenters. The summed E-state index contributed by atoms with van der Waals surface area (Å²) in [5, 5.41) is 8.74. The van der Waals surface area contributed by atoms with Gasteiger partial charge in [0.15, 0.2) is 0 Å². The second-order valence-corrected chi connectivity index (χ2v) is 4.02. The van der Waals surface area contributed by atoms with Crippen molar-refractivity contribution >= 4 is 6.09 Å². The van der Waals surface area contributed by atoms with Crippen molar-refractivity contribution in [1.29, 1.82) is 0 Å². The first-order chi connectivity index (χ1) is 6.87. The first-order valence-electron chi connectivity index (χ1n) is 4.67. The molecule has 0 radical (unpaired) electrons. The molecule has 0 aromatic rings. The van der Waals surface area contributed by atoms with E-state index in [1.165, 1.54) is 9.80 Å². The van der Waals surface area contributed by atoms with E-state index in [1.54, 1.807) is 0 Å². The van der Waals surface area contributed by atoms with Crippen molar-refractivity contribution in [3.63, 3.8) is 0 Å². The van der Waals surface area contributed by atoms with Crippen molar-refractivity contribution in [2.45, 2.75) is 24.7 Å². The van der Waals surface area contributed by atoms with Crippen LogP contribution in [0.15, 0.2) is 0 Å². The van der Waals surface area contributed by atoms with E-state index >= 15 is 0 Å². The predicted octanol–water partition coefficient (Wildman–Crippen LogP) is 0.985. The zero-order valence-electron chi connectivity index (χ0n) is 7.87. The van der Waals surface area contributed by atoms with Crippen molar-refractivity contribution in [2.75, 3.05) is 19.6 Å². The van der Waals surface area contributed by atoms with Gasteiger partial charge < -0.3 is 10.0 Å². The van der Waals surface area contributed by atoms with Crippen LogP contribution in [0.5, 0.6) is 0 Å². The number of hydrogen-bond donors (Lipinski definition) is 1. The summed E-state index contributed by atoms with van der Waals surface area (Å²) in [5.41, 5.74) is 0. The standard InChI is InChI=1S/C8H11F3N2O2/c9-8(10,11)4-12-2-6-1-5(12)3-13(6)7(14)15/h5-6H,1-4H2,(H,14,15). The van der Waals surface area contributed by atoms with Gasteiger partial charge in [-0.2, -0.15) is 13.2 Å². The van der Waals surface area contributed by atoms with Crippen LogP contribution in [0.3, 0.4) is 0 Å².